The Morgan fingerprint density at radius 3 is 2.94 bits per heavy atom. The zero-order chi connectivity index (χ0) is 23.7. The number of likely N-dealkylation sites (tertiary alicyclic amines) is 1. The first-order valence-electron chi connectivity index (χ1n) is 13.1. The Morgan fingerprint density at radius 1 is 1.17 bits per heavy atom. The van der Waals surface area contributed by atoms with Crippen LogP contribution in [0.1, 0.15) is 36.0 Å². The second-order valence-electron chi connectivity index (χ2n) is 10.1. The molecule has 35 heavy (non-hydrogen) atoms. The minimum absolute atomic E-state index is 0.0803. The summed E-state index contributed by atoms with van der Waals surface area (Å²) >= 11 is 0. The van der Waals surface area contributed by atoms with Crippen molar-refractivity contribution < 1.29 is 9.47 Å². The van der Waals surface area contributed by atoms with Crippen molar-refractivity contribution in [2.24, 2.45) is 10.9 Å². The number of hydrogen-bond donors (Lipinski definition) is 1. The molecule has 4 heterocycles. The van der Waals surface area contributed by atoms with Crippen molar-refractivity contribution in [3.8, 4) is 5.75 Å². The normalized spacial score (nSPS) is 25.9. The van der Waals surface area contributed by atoms with E-state index in [-0.39, 0.29) is 17.6 Å². The monoisotopic (exact) mass is 469 g/mol. The van der Waals surface area contributed by atoms with Crippen molar-refractivity contribution >= 4 is 17.5 Å². The molecule has 0 radical (unpaired) electrons. The molecule has 1 fully saturated rings. The van der Waals surface area contributed by atoms with E-state index < -0.39 is 0 Å². The molecule has 2 atom stereocenters. The first kappa shape index (κ1) is 22.6. The number of piperidine rings is 1. The fourth-order valence-corrected chi connectivity index (χ4v) is 6.22. The number of dihydropyridines is 1. The summed E-state index contributed by atoms with van der Waals surface area (Å²) in [6, 6.07) is 15.4. The lowest BCUT2D eigenvalue weighted by Gasteiger charge is -2.45. The molecule has 5 nitrogen and oxygen atoms in total. The summed E-state index contributed by atoms with van der Waals surface area (Å²) in [7, 11) is 1.97. The summed E-state index contributed by atoms with van der Waals surface area (Å²) in [6.07, 6.45) is 12.9. The fraction of sp³-hybridized carbons (Fsp3) is 0.433. The smallest absolute Gasteiger partial charge is 0.127 e. The van der Waals surface area contributed by atoms with E-state index in [0.717, 1.165) is 63.4 Å². The predicted molar refractivity (Wildman–Crippen MR) is 142 cm³/mol. The zero-order valence-electron chi connectivity index (χ0n) is 20.6. The molecule has 1 saturated heterocycles. The van der Waals surface area contributed by atoms with Crippen LogP contribution in [0.25, 0.3) is 5.57 Å². The lowest BCUT2D eigenvalue weighted by molar-refractivity contribution is -0.0976. The molecule has 0 aromatic heterocycles. The molecule has 5 heteroatoms. The molecule has 1 spiro atoms. The van der Waals surface area contributed by atoms with Gasteiger partial charge < -0.3 is 19.7 Å². The molecule has 6 rings (SSSR count). The van der Waals surface area contributed by atoms with Gasteiger partial charge in [0, 0.05) is 50.1 Å². The van der Waals surface area contributed by atoms with Crippen molar-refractivity contribution in [1.82, 2.24) is 4.90 Å². The second-order valence-corrected chi connectivity index (χ2v) is 10.1. The van der Waals surface area contributed by atoms with Gasteiger partial charge in [0.25, 0.3) is 0 Å². The number of benzene rings is 2. The zero-order valence-corrected chi connectivity index (χ0v) is 20.6. The average Bonchev–Trinajstić information content (AvgIpc) is 3.07. The molecule has 0 saturated carbocycles. The Labute approximate surface area is 208 Å². The average molecular weight is 470 g/mol. The topological polar surface area (TPSA) is 46.1 Å². The number of nitrogens with one attached hydrogen (secondary N) is 1. The number of fused-ring (bicyclic) bond motifs is 4. The van der Waals surface area contributed by atoms with Crippen LogP contribution >= 0.6 is 0 Å². The maximum absolute atomic E-state index is 6.44. The number of ether oxygens (including phenoxy) is 2. The van der Waals surface area contributed by atoms with E-state index in [2.05, 4.69) is 70.9 Å². The second kappa shape index (κ2) is 9.63. The van der Waals surface area contributed by atoms with Crippen molar-refractivity contribution in [1.29, 1.82) is 0 Å². The van der Waals surface area contributed by atoms with Gasteiger partial charge in [-0.25, -0.2) is 0 Å². The third kappa shape index (κ3) is 4.32. The van der Waals surface area contributed by atoms with Crippen LogP contribution in [0.4, 0.5) is 5.69 Å². The first-order valence-corrected chi connectivity index (χ1v) is 13.1. The third-order valence-electron chi connectivity index (χ3n) is 8.18. The van der Waals surface area contributed by atoms with Crippen molar-refractivity contribution in [3.05, 3.63) is 77.4 Å². The summed E-state index contributed by atoms with van der Waals surface area (Å²) in [4.78, 5) is 7.34. The number of anilines is 1. The highest BCUT2D eigenvalue weighted by molar-refractivity contribution is 5.80. The summed E-state index contributed by atoms with van der Waals surface area (Å²) in [5.41, 5.74) is 6.46. The van der Waals surface area contributed by atoms with Gasteiger partial charge in [0.05, 0.1) is 18.2 Å². The van der Waals surface area contributed by atoms with Crippen LogP contribution < -0.4 is 10.1 Å². The molecule has 0 amide bonds. The SMILES string of the molecule is CNc1ccc2c(c1)C(=CCCN1CCC3(CC1)OCCc1ccccc13)C1C=CC=NC1CO2. The van der Waals surface area contributed by atoms with E-state index in [0.29, 0.717) is 6.61 Å². The number of allylic oxidation sites excluding steroid dienone is 1. The van der Waals surface area contributed by atoms with E-state index in [4.69, 9.17) is 14.5 Å². The van der Waals surface area contributed by atoms with Gasteiger partial charge in [-0.1, -0.05) is 36.4 Å². The molecule has 1 N–H and O–H groups in total. The number of aliphatic imine (C=N–C) groups is 1. The summed E-state index contributed by atoms with van der Waals surface area (Å²) in [5.74, 6) is 1.21. The van der Waals surface area contributed by atoms with Gasteiger partial charge >= 0.3 is 0 Å². The molecular weight excluding hydrogens is 434 g/mol. The highest BCUT2D eigenvalue weighted by Gasteiger charge is 2.40. The van der Waals surface area contributed by atoms with Gasteiger partial charge in [-0.05, 0) is 66.7 Å². The third-order valence-corrected chi connectivity index (χ3v) is 8.18. The maximum Gasteiger partial charge on any atom is 0.127 e. The van der Waals surface area contributed by atoms with E-state index >= 15 is 0 Å². The van der Waals surface area contributed by atoms with Crippen LogP contribution in [0, 0.1) is 5.92 Å². The molecule has 2 unspecified atom stereocenters. The standard InChI is InChI=1S/C30H35N3O2/c1-31-23-10-11-29-26(20-23)24(25-7-4-15-32-28(25)21-34-29)8-5-16-33-17-13-30(14-18-33)27-9-3-2-6-22(27)12-19-35-30/h2-4,6-11,15,20,25,28,31H,5,12-14,16-19,21H2,1H3. The first-order chi connectivity index (χ1) is 17.3. The van der Waals surface area contributed by atoms with E-state index in [1.54, 1.807) is 0 Å². The van der Waals surface area contributed by atoms with Crippen LogP contribution in [0.5, 0.6) is 5.75 Å². The van der Waals surface area contributed by atoms with Gasteiger partial charge in [-0.15, -0.1) is 0 Å². The highest BCUT2D eigenvalue weighted by Crippen LogP contribution is 2.42. The summed E-state index contributed by atoms with van der Waals surface area (Å²) in [6.45, 7) is 4.68. The molecule has 4 aliphatic rings. The molecule has 182 valence electrons. The lowest BCUT2D eigenvalue weighted by Crippen LogP contribution is -2.46. The van der Waals surface area contributed by atoms with Gasteiger partial charge in [0.2, 0.25) is 0 Å². The summed E-state index contributed by atoms with van der Waals surface area (Å²) in [5, 5.41) is 3.28. The van der Waals surface area contributed by atoms with Crippen LogP contribution in [0.15, 0.2) is 65.7 Å². The van der Waals surface area contributed by atoms with Gasteiger partial charge in [-0.2, -0.15) is 0 Å². The van der Waals surface area contributed by atoms with Crippen LogP contribution in [-0.2, 0) is 16.8 Å². The molecule has 0 aliphatic carbocycles. The quantitative estimate of drug-likeness (QED) is 0.678. The maximum atomic E-state index is 6.44. The predicted octanol–water partition coefficient (Wildman–Crippen LogP) is 5.08. The van der Waals surface area contributed by atoms with Gasteiger partial charge in [0.1, 0.15) is 12.4 Å². The minimum atomic E-state index is -0.0803. The molecule has 4 aliphatic heterocycles. The van der Waals surface area contributed by atoms with E-state index in [1.807, 2.05) is 13.3 Å². The Hall–Kier alpha value is -2.89. The molecule has 2 aromatic carbocycles. The van der Waals surface area contributed by atoms with E-state index in [1.165, 1.54) is 22.3 Å². The van der Waals surface area contributed by atoms with E-state index in [9.17, 15) is 0 Å². The van der Waals surface area contributed by atoms with Crippen LogP contribution in [0.2, 0.25) is 0 Å². The van der Waals surface area contributed by atoms with Crippen molar-refractivity contribution in [2.75, 3.05) is 45.2 Å². The fourth-order valence-electron chi connectivity index (χ4n) is 6.22. The largest absolute Gasteiger partial charge is 0.491 e. The number of rotatable bonds is 4. The Bertz CT molecular complexity index is 1160. The Kier molecular flexibility index (Phi) is 6.21. The number of nitrogens with zero attached hydrogens (tertiary/aromatic N) is 2. The van der Waals surface area contributed by atoms with Gasteiger partial charge in [-0.3, -0.25) is 4.99 Å². The summed E-state index contributed by atoms with van der Waals surface area (Å²) < 4.78 is 12.6. The Balaban J connectivity index is 1.18. The van der Waals surface area contributed by atoms with Crippen LogP contribution in [-0.4, -0.2) is 57.1 Å². The Morgan fingerprint density at radius 2 is 2.06 bits per heavy atom. The molecule has 0 bridgehead atoms. The highest BCUT2D eigenvalue weighted by atomic mass is 16.5. The molecular formula is C30H35N3O2. The van der Waals surface area contributed by atoms with Crippen molar-refractivity contribution in [2.45, 2.75) is 37.3 Å². The van der Waals surface area contributed by atoms with Crippen LogP contribution in [0.3, 0.4) is 0 Å². The lowest BCUT2D eigenvalue weighted by atomic mass is 9.79. The van der Waals surface area contributed by atoms with Gasteiger partial charge in [0.15, 0.2) is 0 Å². The molecule has 2 aromatic rings. The number of hydrogen-bond acceptors (Lipinski definition) is 5. The van der Waals surface area contributed by atoms with Crippen molar-refractivity contribution in [3.63, 3.8) is 0 Å². The minimum Gasteiger partial charge on any atom is -0.491 e.